The predicted octanol–water partition coefficient (Wildman–Crippen LogP) is 5.49. The van der Waals surface area contributed by atoms with E-state index in [0.29, 0.717) is 22.5 Å². The first-order chi connectivity index (χ1) is 13.5. The first-order valence-corrected chi connectivity index (χ1v) is 9.08. The summed E-state index contributed by atoms with van der Waals surface area (Å²) in [6.07, 6.45) is 6.56. The third-order valence-electron chi connectivity index (χ3n) is 4.39. The van der Waals surface area contributed by atoms with Crippen LogP contribution < -0.4 is 0 Å². The molecule has 138 valence electrons. The highest BCUT2D eigenvalue weighted by molar-refractivity contribution is 6.11. The Balaban J connectivity index is 1.85. The number of aromatic nitrogens is 1. The highest BCUT2D eigenvalue weighted by atomic mass is 16.1. The number of hydrogen-bond acceptors (Lipinski definition) is 3. The number of nitrogens with zero attached hydrogens (tertiary/aromatic N) is 1. The molecule has 1 aromatic heterocycles. The van der Waals surface area contributed by atoms with Crippen LogP contribution in [0.15, 0.2) is 78.9 Å². The van der Waals surface area contributed by atoms with Gasteiger partial charge in [-0.1, -0.05) is 72.8 Å². The van der Waals surface area contributed by atoms with E-state index in [2.05, 4.69) is 4.98 Å². The van der Waals surface area contributed by atoms with Crippen molar-refractivity contribution < 1.29 is 9.59 Å². The number of carbonyl (C=O) groups is 2. The molecule has 0 aliphatic carbocycles. The zero-order valence-electron chi connectivity index (χ0n) is 15.9. The first-order valence-electron chi connectivity index (χ1n) is 9.08. The molecule has 2 aromatic carbocycles. The average Bonchev–Trinajstić information content (AvgIpc) is 2.72. The highest BCUT2D eigenvalue weighted by Crippen LogP contribution is 2.16. The van der Waals surface area contributed by atoms with Gasteiger partial charge in [-0.25, -0.2) is 0 Å². The summed E-state index contributed by atoms with van der Waals surface area (Å²) in [5, 5.41) is 0. The first kappa shape index (κ1) is 19.2. The molecule has 0 aliphatic rings. The molecule has 0 atom stereocenters. The molecule has 3 heteroatoms. The fourth-order valence-corrected chi connectivity index (χ4v) is 2.88. The lowest BCUT2D eigenvalue weighted by Gasteiger charge is -2.07. The van der Waals surface area contributed by atoms with Crippen LogP contribution in [-0.2, 0) is 0 Å². The molecule has 0 aliphatic heterocycles. The Bertz CT molecular complexity index is 966. The summed E-state index contributed by atoms with van der Waals surface area (Å²) >= 11 is 0. The van der Waals surface area contributed by atoms with Gasteiger partial charge in [-0.15, -0.1) is 0 Å². The van der Waals surface area contributed by atoms with Crippen molar-refractivity contribution in [3.63, 3.8) is 0 Å². The largest absolute Gasteiger partial charge is 0.289 e. The molecular formula is C25H21NO2. The van der Waals surface area contributed by atoms with Crippen molar-refractivity contribution in [2.75, 3.05) is 0 Å². The van der Waals surface area contributed by atoms with Crippen LogP contribution in [0.25, 0.3) is 12.2 Å². The van der Waals surface area contributed by atoms with Crippen LogP contribution >= 0.6 is 0 Å². The van der Waals surface area contributed by atoms with Crippen molar-refractivity contribution in [1.29, 1.82) is 0 Å². The molecule has 0 radical (unpaired) electrons. The smallest absolute Gasteiger partial charge is 0.187 e. The number of pyridine rings is 1. The van der Waals surface area contributed by atoms with Gasteiger partial charge >= 0.3 is 0 Å². The third kappa shape index (κ3) is 4.77. The van der Waals surface area contributed by atoms with Crippen molar-refractivity contribution in [3.8, 4) is 0 Å². The number of hydrogen-bond donors (Lipinski definition) is 0. The van der Waals surface area contributed by atoms with Crippen molar-refractivity contribution in [2.24, 2.45) is 0 Å². The summed E-state index contributed by atoms with van der Waals surface area (Å²) in [6.45, 7) is 3.56. The molecular weight excluding hydrogens is 346 g/mol. The van der Waals surface area contributed by atoms with Crippen LogP contribution in [0, 0.1) is 13.8 Å². The van der Waals surface area contributed by atoms with E-state index >= 15 is 0 Å². The Labute approximate surface area is 165 Å². The van der Waals surface area contributed by atoms with Gasteiger partial charge in [0.2, 0.25) is 0 Å². The van der Waals surface area contributed by atoms with Gasteiger partial charge in [-0.2, -0.15) is 0 Å². The highest BCUT2D eigenvalue weighted by Gasteiger charge is 2.14. The lowest BCUT2D eigenvalue weighted by atomic mass is 10.0. The molecule has 3 aromatic rings. The number of allylic oxidation sites excluding steroid dienone is 2. The molecule has 0 N–H and O–H groups in total. The molecule has 0 saturated heterocycles. The van der Waals surface area contributed by atoms with E-state index in [1.165, 1.54) is 12.2 Å². The Morgan fingerprint density at radius 3 is 1.46 bits per heavy atom. The summed E-state index contributed by atoms with van der Waals surface area (Å²) < 4.78 is 0. The van der Waals surface area contributed by atoms with Crippen molar-refractivity contribution in [3.05, 3.63) is 113 Å². The molecule has 3 nitrogen and oxygen atoms in total. The number of benzene rings is 2. The average molecular weight is 367 g/mol. The lowest BCUT2D eigenvalue weighted by Crippen LogP contribution is -2.08. The van der Waals surface area contributed by atoms with Gasteiger partial charge in [0.25, 0.3) is 0 Å². The lowest BCUT2D eigenvalue weighted by molar-refractivity contribution is 0.104. The molecule has 3 rings (SSSR count). The van der Waals surface area contributed by atoms with E-state index in [1.54, 1.807) is 32.1 Å². The normalized spacial score (nSPS) is 11.2. The van der Waals surface area contributed by atoms with E-state index in [4.69, 9.17) is 0 Å². The molecule has 0 bridgehead atoms. The minimum Gasteiger partial charge on any atom is -0.289 e. The number of rotatable bonds is 6. The molecule has 0 fully saturated rings. The maximum Gasteiger partial charge on any atom is 0.187 e. The van der Waals surface area contributed by atoms with E-state index in [1.807, 2.05) is 60.7 Å². The van der Waals surface area contributed by atoms with Crippen molar-refractivity contribution in [1.82, 2.24) is 4.98 Å². The summed E-state index contributed by atoms with van der Waals surface area (Å²) in [6, 6.07) is 20.9. The van der Waals surface area contributed by atoms with Crippen molar-refractivity contribution >= 4 is 23.7 Å². The quantitative estimate of drug-likeness (QED) is 0.427. The number of aryl methyl sites for hydroxylation is 2. The summed E-state index contributed by atoms with van der Waals surface area (Å²) in [5.74, 6) is -0.343. The van der Waals surface area contributed by atoms with Crippen LogP contribution in [0.4, 0.5) is 0 Å². The standard InChI is InChI=1S/C25H21NO2/c1-18-22(24(27)15-13-20-9-5-3-6-10-20)17-23(19(2)26-18)25(28)16-14-21-11-7-4-8-12-21/h3-17H,1-2H3/b15-13-,16-14-. The van der Waals surface area contributed by atoms with E-state index in [0.717, 1.165) is 11.1 Å². The SMILES string of the molecule is Cc1nc(C)c(C(=O)/C=C\c2ccccc2)cc1C(=O)/C=C\c1ccccc1. The zero-order chi connectivity index (χ0) is 19.9. The van der Waals surface area contributed by atoms with Gasteiger partial charge in [-0.3, -0.25) is 14.6 Å². The fraction of sp³-hybridized carbons (Fsp3) is 0.0800. The maximum absolute atomic E-state index is 12.6. The van der Waals surface area contributed by atoms with Crippen LogP contribution in [0.1, 0.15) is 43.2 Å². The Kier molecular flexibility index (Phi) is 6.07. The molecule has 0 spiro atoms. The monoisotopic (exact) mass is 367 g/mol. The van der Waals surface area contributed by atoms with Gasteiger partial charge in [0.05, 0.1) is 0 Å². The van der Waals surface area contributed by atoms with Gasteiger partial charge in [-0.05, 0) is 43.2 Å². The Morgan fingerprint density at radius 1 is 0.679 bits per heavy atom. The zero-order valence-corrected chi connectivity index (χ0v) is 15.9. The predicted molar refractivity (Wildman–Crippen MR) is 113 cm³/mol. The minimum atomic E-state index is -0.171. The Morgan fingerprint density at radius 2 is 1.07 bits per heavy atom. The van der Waals surface area contributed by atoms with Gasteiger partial charge in [0.1, 0.15) is 0 Å². The summed E-state index contributed by atoms with van der Waals surface area (Å²) in [5.41, 5.74) is 3.99. The second-order valence-electron chi connectivity index (χ2n) is 6.47. The minimum absolute atomic E-state index is 0.171. The van der Waals surface area contributed by atoms with Gasteiger partial charge in [0.15, 0.2) is 11.6 Å². The Hall–Kier alpha value is -3.59. The second kappa shape index (κ2) is 8.87. The van der Waals surface area contributed by atoms with E-state index in [9.17, 15) is 9.59 Å². The number of carbonyl (C=O) groups excluding carboxylic acids is 2. The van der Waals surface area contributed by atoms with E-state index in [-0.39, 0.29) is 11.6 Å². The summed E-state index contributed by atoms with van der Waals surface area (Å²) in [4.78, 5) is 29.7. The molecule has 28 heavy (non-hydrogen) atoms. The second-order valence-corrected chi connectivity index (χ2v) is 6.47. The third-order valence-corrected chi connectivity index (χ3v) is 4.39. The topological polar surface area (TPSA) is 47.0 Å². The van der Waals surface area contributed by atoms with Crippen molar-refractivity contribution in [2.45, 2.75) is 13.8 Å². The van der Waals surface area contributed by atoms with Gasteiger partial charge in [0, 0.05) is 22.5 Å². The fourth-order valence-electron chi connectivity index (χ4n) is 2.88. The maximum atomic E-state index is 12.6. The van der Waals surface area contributed by atoms with Crippen LogP contribution in [0.3, 0.4) is 0 Å². The molecule has 0 unspecified atom stereocenters. The van der Waals surface area contributed by atoms with E-state index < -0.39 is 0 Å². The molecule has 0 amide bonds. The van der Waals surface area contributed by atoms with Crippen LogP contribution in [0.5, 0.6) is 0 Å². The number of ketones is 2. The van der Waals surface area contributed by atoms with Gasteiger partial charge < -0.3 is 0 Å². The molecule has 0 saturated carbocycles. The van der Waals surface area contributed by atoms with Crippen LogP contribution in [0.2, 0.25) is 0 Å². The molecule has 1 heterocycles. The van der Waals surface area contributed by atoms with Crippen LogP contribution in [-0.4, -0.2) is 16.6 Å². The summed E-state index contributed by atoms with van der Waals surface area (Å²) in [7, 11) is 0.